The fourth-order valence-corrected chi connectivity index (χ4v) is 0. The SMILES string of the molecule is N.N.N.N.N.N.O=N[O-].[Br-].[Co+3].[Co+3].[OH3+].[OH3+]. The van der Waals surface area contributed by atoms with Gasteiger partial charge in [0.1, 0.15) is 0 Å². The van der Waals surface area contributed by atoms with E-state index in [1.807, 2.05) is 0 Å². The van der Waals surface area contributed by atoms with Crippen LogP contribution in [0.25, 0.3) is 0 Å². The van der Waals surface area contributed by atoms with Crippen molar-refractivity contribution in [2.75, 3.05) is 0 Å². The molecule has 0 saturated heterocycles. The molecular weight excluding hydrogens is 360 g/mol. The van der Waals surface area contributed by atoms with Crippen molar-refractivity contribution >= 4 is 0 Å². The monoisotopic (exact) mass is 383 g/mol. The Morgan fingerprint density at radius 2 is 0.714 bits per heavy atom. The maximum absolute atomic E-state index is 8.00. The summed E-state index contributed by atoms with van der Waals surface area (Å²) in [5.41, 5.74) is 0. The van der Waals surface area contributed by atoms with Crippen LogP contribution in [-0.4, -0.2) is 0 Å². The van der Waals surface area contributed by atoms with E-state index in [2.05, 4.69) is 0 Å². The van der Waals surface area contributed by atoms with E-state index in [9.17, 15) is 0 Å². The van der Waals surface area contributed by atoms with Crippen molar-refractivity contribution in [1.29, 1.82) is 0 Å². The molecule has 0 saturated carbocycles. The van der Waals surface area contributed by atoms with Gasteiger partial charge in [-0.25, -0.2) is 0 Å². The van der Waals surface area contributed by atoms with Crippen molar-refractivity contribution in [3.05, 3.63) is 10.1 Å². The molecule has 14 heavy (non-hydrogen) atoms. The largest absolute Gasteiger partial charge is 3.00 e. The standard InChI is InChI=1S/BrH.2Co.HNO2.6H3N.2H2O/c;;;2-1-3;;;;;;;;/h1H;;;(H,2,3);6*1H3;2*1H2/q;2*+3;;;;;;;;;. The van der Waals surface area contributed by atoms with Gasteiger partial charge in [-0.1, -0.05) is 0 Å². The Morgan fingerprint density at radius 1 is 0.714 bits per heavy atom. The molecule has 0 atom stereocenters. The Kier molecular flexibility index (Phi) is 25100. The smallest absolute Gasteiger partial charge is 1.00 e. The topological polar surface area (TPSA) is 328 Å². The summed E-state index contributed by atoms with van der Waals surface area (Å²) in [6, 6.07) is 0. The summed E-state index contributed by atoms with van der Waals surface area (Å²) in [5.74, 6) is 0. The van der Waals surface area contributed by atoms with Crippen LogP contribution in [0.2, 0.25) is 0 Å². The van der Waals surface area contributed by atoms with E-state index in [0.717, 1.165) is 5.34 Å². The molecule has 0 aliphatic heterocycles. The van der Waals surface area contributed by atoms with Gasteiger partial charge in [-0.15, -0.1) is 5.34 Å². The molecule has 0 aromatic heterocycles. The molecule has 0 bridgehead atoms. The van der Waals surface area contributed by atoms with Crippen LogP contribution in [0, 0.1) is 10.1 Å². The second-order valence-electron chi connectivity index (χ2n) is 0.0745. The van der Waals surface area contributed by atoms with Crippen LogP contribution in [0.15, 0.2) is 5.34 Å². The molecule has 24 N–H and O–H groups in total. The molecule has 0 aliphatic rings. The summed E-state index contributed by atoms with van der Waals surface area (Å²) in [5, 5.41) is 9.00. The van der Waals surface area contributed by atoms with Crippen molar-refractivity contribution in [3.8, 4) is 0 Å². The van der Waals surface area contributed by atoms with Crippen LogP contribution >= 0.6 is 0 Å². The maximum Gasteiger partial charge on any atom is 3.00 e. The van der Waals surface area contributed by atoms with Gasteiger partial charge in [-0.3, -0.25) is 0 Å². The van der Waals surface area contributed by atoms with E-state index in [4.69, 9.17) is 10.1 Å². The van der Waals surface area contributed by atoms with Gasteiger partial charge < -0.3 is 75.0 Å². The Labute approximate surface area is 114 Å². The third-order valence-electron chi connectivity index (χ3n) is 0. The first-order chi connectivity index (χ1) is 1.41. The third-order valence-corrected chi connectivity index (χ3v) is 0. The predicted octanol–water partition coefficient (Wildman–Crippen LogP) is -3.62. The van der Waals surface area contributed by atoms with Crippen LogP contribution in [0.4, 0.5) is 0 Å². The minimum atomic E-state index is 0. The average molecular weight is 384 g/mol. The molecule has 0 aliphatic carbocycles. The molecule has 0 unspecified atom stereocenters. The first-order valence-corrected chi connectivity index (χ1v) is 0.365. The van der Waals surface area contributed by atoms with Crippen LogP contribution in [-0.2, 0) is 44.5 Å². The minimum absolute atomic E-state index is 0. The number of hydrogen-bond acceptors (Lipinski definition) is 9. The molecule has 0 fully saturated rings. The number of nitrogens with zero attached hydrogens (tertiary/aromatic N) is 1. The summed E-state index contributed by atoms with van der Waals surface area (Å²) in [7, 11) is 0. The first-order valence-electron chi connectivity index (χ1n) is 0.365. The fraction of sp³-hybridized carbons (Fsp3) is 0. The Hall–Kier alpha value is 0.573. The van der Waals surface area contributed by atoms with E-state index >= 15 is 0 Å². The summed E-state index contributed by atoms with van der Waals surface area (Å²) >= 11 is 0. The van der Waals surface area contributed by atoms with Crippen molar-refractivity contribution in [2.45, 2.75) is 0 Å². The number of hydrogen-bond donors (Lipinski definition) is 6. The Bertz CT molecular complexity index is 31.2. The summed E-state index contributed by atoms with van der Waals surface area (Å²) < 4.78 is 0. The van der Waals surface area contributed by atoms with Crippen LogP contribution in [0.3, 0.4) is 0 Å². The quantitative estimate of drug-likeness (QED) is 0.137. The minimum Gasteiger partial charge on any atom is -1.00 e. The van der Waals surface area contributed by atoms with E-state index in [1.165, 1.54) is 0 Å². The maximum atomic E-state index is 8.00. The van der Waals surface area contributed by atoms with Gasteiger partial charge in [-0.2, -0.15) is 0 Å². The second-order valence-corrected chi connectivity index (χ2v) is 0.0745. The molecule has 0 aromatic rings. The molecule has 0 radical (unpaired) electrons. The summed E-state index contributed by atoms with van der Waals surface area (Å²) in [6.07, 6.45) is 0. The Morgan fingerprint density at radius 3 is 0.714 bits per heavy atom. The second kappa shape index (κ2) is 867. The molecule has 11 nitrogen and oxygen atoms in total. The van der Waals surface area contributed by atoms with Crippen molar-refractivity contribution in [3.63, 3.8) is 0 Å². The molecule has 102 valence electrons. The van der Waals surface area contributed by atoms with Crippen molar-refractivity contribution in [1.82, 2.24) is 36.9 Å². The first kappa shape index (κ1) is 406. The van der Waals surface area contributed by atoms with Crippen LogP contribution in [0.5, 0.6) is 0 Å². The van der Waals surface area contributed by atoms with E-state index in [-0.39, 0.29) is 98.4 Å². The zero-order valence-corrected chi connectivity index (χ0v) is 11.4. The van der Waals surface area contributed by atoms with Crippen LogP contribution in [0.1, 0.15) is 0 Å². The van der Waals surface area contributed by atoms with E-state index in [0.29, 0.717) is 0 Å². The summed E-state index contributed by atoms with van der Waals surface area (Å²) in [6.45, 7) is 0. The van der Waals surface area contributed by atoms with Gasteiger partial charge in [-0.05, 0) is 0 Å². The molecule has 0 amide bonds. The van der Waals surface area contributed by atoms with Gasteiger partial charge >= 0.3 is 33.6 Å². The van der Waals surface area contributed by atoms with Crippen molar-refractivity contribution < 1.29 is 61.5 Å². The fourth-order valence-electron chi connectivity index (χ4n) is 0. The molecular formula is H24BrCo2N7O4+6. The molecule has 0 rings (SSSR count). The van der Waals surface area contributed by atoms with Gasteiger partial charge in [0.25, 0.3) is 0 Å². The molecule has 14 heteroatoms. The zero-order chi connectivity index (χ0) is 2.71. The van der Waals surface area contributed by atoms with Crippen molar-refractivity contribution in [2.24, 2.45) is 5.34 Å². The number of halogens is 1. The number of rotatable bonds is 0. The van der Waals surface area contributed by atoms with Gasteiger partial charge in [0.05, 0.1) is 0 Å². The predicted molar refractivity (Wildman–Crippen MR) is 49.0 cm³/mol. The third kappa shape index (κ3) is 5130. The van der Waals surface area contributed by atoms with Crippen LogP contribution < -0.4 is 53.9 Å². The summed E-state index contributed by atoms with van der Waals surface area (Å²) in [4.78, 5) is 8.00. The molecule has 0 aromatic carbocycles. The van der Waals surface area contributed by atoms with Gasteiger partial charge in [0, 0.05) is 0 Å². The van der Waals surface area contributed by atoms with Gasteiger partial charge in [0.15, 0.2) is 0 Å². The van der Waals surface area contributed by atoms with Gasteiger partial charge in [0.2, 0.25) is 0 Å². The molecule has 0 spiro atoms. The normalized spacial score (nSPS) is 0.857. The average Bonchev–Trinajstić information content (AvgIpc) is 0.918. The van der Waals surface area contributed by atoms with E-state index < -0.39 is 0 Å². The Balaban J connectivity index is -0.000000000364. The molecule has 0 heterocycles. The van der Waals surface area contributed by atoms with E-state index in [1.54, 1.807) is 0 Å². The zero-order valence-electron chi connectivity index (χ0n) is 7.71.